The molecule has 1 N–H and O–H groups in total. The second kappa shape index (κ2) is 5.35. The Kier molecular flexibility index (Phi) is 3.57. The SMILES string of the molecule is CC1(c2nc(CSc3ccccc3)no2)CCCN1. The molecular weight excluding hydrogens is 258 g/mol. The zero-order valence-corrected chi connectivity index (χ0v) is 11.7. The Morgan fingerprint density at radius 1 is 1.37 bits per heavy atom. The third kappa shape index (κ3) is 2.82. The smallest absolute Gasteiger partial charge is 0.246 e. The Bertz CT molecular complexity index is 535. The summed E-state index contributed by atoms with van der Waals surface area (Å²) in [4.78, 5) is 5.74. The van der Waals surface area contributed by atoms with Crippen molar-refractivity contribution in [2.75, 3.05) is 6.54 Å². The maximum Gasteiger partial charge on any atom is 0.246 e. The summed E-state index contributed by atoms with van der Waals surface area (Å²) in [6.45, 7) is 3.15. The molecule has 2 heterocycles. The van der Waals surface area contributed by atoms with Crippen LogP contribution in [0, 0.1) is 0 Å². The van der Waals surface area contributed by atoms with Crippen LogP contribution >= 0.6 is 11.8 Å². The van der Waals surface area contributed by atoms with E-state index in [1.165, 1.54) is 4.90 Å². The van der Waals surface area contributed by atoms with Crippen molar-refractivity contribution in [3.05, 3.63) is 42.0 Å². The topological polar surface area (TPSA) is 51.0 Å². The molecule has 0 bridgehead atoms. The fourth-order valence-corrected chi connectivity index (χ4v) is 3.04. The first-order chi connectivity index (χ1) is 9.26. The minimum atomic E-state index is -0.136. The van der Waals surface area contributed by atoms with Gasteiger partial charge in [-0.15, -0.1) is 11.8 Å². The van der Waals surface area contributed by atoms with Gasteiger partial charge in [-0.3, -0.25) is 0 Å². The van der Waals surface area contributed by atoms with Crippen molar-refractivity contribution in [2.45, 2.75) is 36.0 Å². The normalized spacial score (nSPS) is 22.8. The van der Waals surface area contributed by atoms with Gasteiger partial charge in [-0.2, -0.15) is 4.98 Å². The van der Waals surface area contributed by atoms with E-state index in [1.807, 2.05) is 18.2 Å². The molecule has 4 nitrogen and oxygen atoms in total. The first kappa shape index (κ1) is 12.7. The van der Waals surface area contributed by atoms with Crippen LogP contribution in [0.5, 0.6) is 0 Å². The summed E-state index contributed by atoms with van der Waals surface area (Å²) in [5, 5.41) is 7.51. The number of nitrogens with one attached hydrogen (secondary N) is 1. The molecule has 1 unspecified atom stereocenters. The predicted molar refractivity (Wildman–Crippen MR) is 74.9 cm³/mol. The van der Waals surface area contributed by atoms with Crippen LogP contribution in [0.2, 0.25) is 0 Å². The van der Waals surface area contributed by atoms with Gasteiger partial charge in [0.2, 0.25) is 5.89 Å². The second-order valence-corrected chi connectivity index (χ2v) is 6.03. The average molecular weight is 275 g/mol. The van der Waals surface area contributed by atoms with Gasteiger partial charge in [0.05, 0.1) is 11.3 Å². The molecule has 0 amide bonds. The van der Waals surface area contributed by atoms with E-state index in [2.05, 4.69) is 34.5 Å². The highest BCUT2D eigenvalue weighted by molar-refractivity contribution is 7.98. The molecule has 1 aromatic heterocycles. The second-order valence-electron chi connectivity index (χ2n) is 4.98. The van der Waals surface area contributed by atoms with Crippen LogP contribution in [0.25, 0.3) is 0 Å². The summed E-state index contributed by atoms with van der Waals surface area (Å²) in [6.07, 6.45) is 2.22. The van der Waals surface area contributed by atoms with Crippen molar-refractivity contribution < 1.29 is 4.52 Å². The van der Waals surface area contributed by atoms with Crippen LogP contribution in [0.4, 0.5) is 0 Å². The van der Waals surface area contributed by atoms with Gasteiger partial charge in [-0.25, -0.2) is 0 Å². The van der Waals surface area contributed by atoms with E-state index in [1.54, 1.807) is 11.8 Å². The van der Waals surface area contributed by atoms with E-state index in [9.17, 15) is 0 Å². The van der Waals surface area contributed by atoms with Gasteiger partial charge in [0, 0.05) is 4.90 Å². The standard InChI is InChI=1S/C14H17N3OS/c1-14(8-5-9-15-14)13-16-12(17-18-13)10-19-11-6-3-2-4-7-11/h2-4,6-7,15H,5,8-10H2,1H3. The molecular formula is C14H17N3OS. The monoisotopic (exact) mass is 275 g/mol. The van der Waals surface area contributed by atoms with Crippen molar-refractivity contribution in [1.82, 2.24) is 15.5 Å². The maximum absolute atomic E-state index is 5.40. The molecule has 3 rings (SSSR count). The zero-order chi connectivity index (χ0) is 13.1. The van der Waals surface area contributed by atoms with Gasteiger partial charge in [0.15, 0.2) is 5.82 Å². The molecule has 19 heavy (non-hydrogen) atoms. The van der Waals surface area contributed by atoms with Crippen molar-refractivity contribution in [3.8, 4) is 0 Å². The highest BCUT2D eigenvalue weighted by Crippen LogP contribution is 2.29. The van der Waals surface area contributed by atoms with Crippen molar-refractivity contribution in [1.29, 1.82) is 0 Å². The molecule has 1 aliphatic rings. The molecule has 5 heteroatoms. The summed E-state index contributed by atoms with van der Waals surface area (Å²) >= 11 is 1.72. The lowest BCUT2D eigenvalue weighted by molar-refractivity contribution is 0.274. The van der Waals surface area contributed by atoms with Gasteiger partial charge >= 0.3 is 0 Å². The summed E-state index contributed by atoms with van der Waals surface area (Å²) in [6, 6.07) is 10.3. The molecule has 1 saturated heterocycles. The Morgan fingerprint density at radius 3 is 2.95 bits per heavy atom. The number of hydrogen-bond donors (Lipinski definition) is 1. The minimum absolute atomic E-state index is 0.136. The molecule has 1 aliphatic heterocycles. The van der Waals surface area contributed by atoms with Crippen LogP contribution in [0.3, 0.4) is 0 Å². The lowest BCUT2D eigenvalue weighted by Gasteiger charge is -2.18. The highest BCUT2D eigenvalue weighted by Gasteiger charge is 2.35. The molecule has 1 fully saturated rings. The number of aromatic nitrogens is 2. The Balaban J connectivity index is 1.65. The minimum Gasteiger partial charge on any atom is -0.337 e. The van der Waals surface area contributed by atoms with Gasteiger partial charge in [-0.05, 0) is 38.4 Å². The zero-order valence-electron chi connectivity index (χ0n) is 10.9. The van der Waals surface area contributed by atoms with E-state index < -0.39 is 0 Å². The van der Waals surface area contributed by atoms with Crippen LogP contribution < -0.4 is 5.32 Å². The Morgan fingerprint density at radius 2 is 2.21 bits per heavy atom. The largest absolute Gasteiger partial charge is 0.337 e. The van der Waals surface area contributed by atoms with Crippen LogP contribution in [0.15, 0.2) is 39.8 Å². The highest BCUT2D eigenvalue weighted by atomic mass is 32.2. The fourth-order valence-electron chi connectivity index (χ4n) is 2.28. The van der Waals surface area contributed by atoms with E-state index in [-0.39, 0.29) is 5.54 Å². The molecule has 0 spiro atoms. The molecule has 100 valence electrons. The predicted octanol–water partition coefficient (Wildman–Crippen LogP) is 2.96. The van der Waals surface area contributed by atoms with E-state index in [0.29, 0.717) is 5.89 Å². The first-order valence-electron chi connectivity index (χ1n) is 6.52. The maximum atomic E-state index is 5.40. The van der Waals surface area contributed by atoms with Gasteiger partial charge in [-0.1, -0.05) is 23.4 Å². The molecule has 1 aromatic carbocycles. The van der Waals surface area contributed by atoms with Gasteiger partial charge in [0.25, 0.3) is 0 Å². The average Bonchev–Trinajstić information content (AvgIpc) is 3.07. The van der Waals surface area contributed by atoms with Crippen molar-refractivity contribution in [2.24, 2.45) is 0 Å². The molecule has 2 aromatic rings. The first-order valence-corrected chi connectivity index (χ1v) is 7.51. The lowest BCUT2D eigenvalue weighted by atomic mass is 10.0. The quantitative estimate of drug-likeness (QED) is 0.869. The Hall–Kier alpha value is -1.33. The van der Waals surface area contributed by atoms with E-state index in [0.717, 1.165) is 31.0 Å². The molecule has 0 saturated carbocycles. The van der Waals surface area contributed by atoms with Crippen LogP contribution in [0.1, 0.15) is 31.5 Å². The van der Waals surface area contributed by atoms with Gasteiger partial charge < -0.3 is 9.84 Å². The third-order valence-electron chi connectivity index (χ3n) is 3.42. The van der Waals surface area contributed by atoms with Crippen LogP contribution in [-0.2, 0) is 11.3 Å². The lowest BCUT2D eigenvalue weighted by Crippen LogP contribution is -2.33. The number of hydrogen-bond acceptors (Lipinski definition) is 5. The summed E-state index contributed by atoms with van der Waals surface area (Å²) < 4.78 is 5.40. The molecule has 0 radical (unpaired) electrons. The summed E-state index contributed by atoms with van der Waals surface area (Å²) in [5.41, 5.74) is -0.136. The Labute approximate surface area is 117 Å². The number of rotatable bonds is 4. The van der Waals surface area contributed by atoms with E-state index in [4.69, 9.17) is 4.52 Å². The summed E-state index contributed by atoms with van der Waals surface area (Å²) in [5.74, 6) is 2.22. The fraction of sp³-hybridized carbons (Fsp3) is 0.429. The third-order valence-corrected chi connectivity index (χ3v) is 4.43. The van der Waals surface area contributed by atoms with Crippen molar-refractivity contribution in [3.63, 3.8) is 0 Å². The number of benzene rings is 1. The van der Waals surface area contributed by atoms with Crippen LogP contribution in [-0.4, -0.2) is 16.7 Å². The summed E-state index contributed by atoms with van der Waals surface area (Å²) in [7, 11) is 0. The number of thioether (sulfide) groups is 1. The van der Waals surface area contributed by atoms with Crippen molar-refractivity contribution >= 4 is 11.8 Å². The van der Waals surface area contributed by atoms with Gasteiger partial charge in [0.1, 0.15) is 0 Å². The molecule has 0 aliphatic carbocycles. The molecule has 1 atom stereocenters. The number of nitrogens with zero attached hydrogens (tertiary/aromatic N) is 2. The van der Waals surface area contributed by atoms with E-state index >= 15 is 0 Å².